The second kappa shape index (κ2) is 7.87. The Morgan fingerprint density at radius 2 is 2.04 bits per heavy atom. The number of carbonyl (C=O) groups is 1. The van der Waals surface area contributed by atoms with Gasteiger partial charge in [0.15, 0.2) is 5.82 Å². The van der Waals surface area contributed by atoms with E-state index in [4.69, 9.17) is 4.52 Å². The van der Waals surface area contributed by atoms with Crippen molar-refractivity contribution in [3.63, 3.8) is 0 Å². The van der Waals surface area contributed by atoms with Crippen LogP contribution in [0.4, 0.5) is 5.82 Å². The monoisotopic (exact) mass is 389 g/mol. The van der Waals surface area contributed by atoms with Crippen molar-refractivity contribution in [3.8, 4) is 0 Å². The minimum Gasteiger partial charge on any atom is -0.364 e. The van der Waals surface area contributed by atoms with Gasteiger partial charge in [-0.05, 0) is 24.6 Å². The van der Waals surface area contributed by atoms with Crippen LogP contribution in [0.5, 0.6) is 0 Å². The topological polar surface area (TPSA) is 129 Å². The summed E-state index contributed by atoms with van der Waals surface area (Å²) in [4.78, 5) is 33.1. The molecular weight excluding hydrogens is 369 g/mol. The largest absolute Gasteiger partial charge is 0.364 e. The Kier molecular flexibility index (Phi) is 5.55. The summed E-state index contributed by atoms with van der Waals surface area (Å²) >= 11 is 0. The lowest BCUT2D eigenvalue weighted by atomic mass is 10.2. The van der Waals surface area contributed by atoms with E-state index in [1.54, 1.807) is 44.4 Å². The van der Waals surface area contributed by atoms with Crippen molar-refractivity contribution < 1.29 is 18.8 Å². The first kappa shape index (κ1) is 19.0. The highest BCUT2D eigenvalue weighted by Crippen LogP contribution is 2.40. The van der Waals surface area contributed by atoms with Gasteiger partial charge in [-0.25, -0.2) is 9.97 Å². The Balaban J connectivity index is 1.76. The van der Waals surface area contributed by atoms with E-state index in [1.165, 1.54) is 6.33 Å². The van der Waals surface area contributed by atoms with E-state index in [2.05, 4.69) is 25.6 Å². The molecule has 3 rings (SSSR count). The number of carbonyl (C=O) groups excluding carboxylic acids is 1. The van der Waals surface area contributed by atoms with Crippen LogP contribution in [0.15, 0.2) is 36.8 Å². The van der Waals surface area contributed by atoms with Crippen LogP contribution < -0.4 is 15.9 Å². The van der Waals surface area contributed by atoms with Crippen LogP contribution in [-0.2, 0) is 15.6 Å². The van der Waals surface area contributed by atoms with Crippen molar-refractivity contribution >= 4 is 35.7 Å². The molecular formula is C17H20N5O4P. The minimum atomic E-state index is -3.77. The summed E-state index contributed by atoms with van der Waals surface area (Å²) < 4.78 is 16.9. The second-order valence-electron chi connectivity index (χ2n) is 5.69. The van der Waals surface area contributed by atoms with Gasteiger partial charge in [0.2, 0.25) is 0 Å². The average Bonchev–Trinajstić information content (AvgIpc) is 3.11. The summed E-state index contributed by atoms with van der Waals surface area (Å²) in [5.74, 6) is 0.325. The van der Waals surface area contributed by atoms with Crippen LogP contribution in [0, 0.1) is 0 Å². The standard InChI is InChI=1S/C17H20N5O4P/c1-3-26-27(24,25)12-6-4-11(5-7-12)8-20-16-15-14(21-10-22-16)13(9-19-15)17(23)18-2/h4-7,9-10,19H,3,8H2,1-2H3,(H,18,23)(H,24,25)(H,20,21,22). The van der Waals surface area contributed by atoms with Crippen molar-refractivity contribution in [1.29, 1.82) is 0 Å². The molecule has 0 aliphatic heterocycles. The van der Waals surface area contributed by atoms with Gasteiger partial charge in [-0.3, -0.25) is 9.36 Å². The number of aromatic nitrogens is 3. The highest BCUT2D eigenvalue weighted by Gasteiger charge is 2.21. The fraction of sp³-hybridized carbons (Fsp3) is 0.235. The van der Waals surface area contributed by atoms with Crippen LogP contribution in [0.3, 0.4) is 0 Å². The third kappa shape index (κ3) is 4.00. The Morgan fingerprint density at radius 1 is 1.30 bits per heavy atom. The molecule has 1 unspecified atom stereocenters. The molecule has 142 valence electrons. The van der Waals surface area contributed by atoms with Crippen LogP contribution in [0.25, 0.3) is 11.0 Å². The zero-order chi connectivity index (χ0) is 19.4. The fourth-order valence-electron chi connectivity index (χ4n) is 2.62. The summed E-state index contributed by atoms with van der Waals surface area (Å²) in [6.07, 6.45) is 2.98. The molecule has 0 spiro atoms. The van der Waals surface area contributed by atoms with Gasteiger partial charge in [0.25, 0.3) is 5.91 Å². The molecule has 27 heavy (non-hydrogen) atoms. The predicted octanol–water partition coefficient (Wildman–Crippen LogP) is 1.78. The van der Waals surface area contributed by atoms with Crippen molar-refractivity contribution in [3.05, 3.63) is 47.9 Å². The van der Waals surface area contributed by atoms with E-state index in [0.29, 0.717) is 29.0 Å². The van der Waals surface area contributed by atoms with Gasteiger partial charge in [-0.15, -0.1) is 0 Å². The summed E-state index contributed by atoms with van der Waals surface area (Å²) in [5.41, 5.74) is 2.49. The highest BCUT2D eigenvalue weighted by molar-refractivity contribution is 7.61. The number of aromatic amines is 1. The molecule has 0 aliphatic rings. The summed E-state index contributed by atoms with van der Waals surface area (Å²) in [6, 6.07) is 6.63. The number of fused-ring (bicyclic) bond motifs is 1. The Labute approximate surface area is 155 Å². The van der Waals surface area contributed by atoms with E-state index < -0.39 is 7.60 Å². The molecule has 1 atom stereocenters. The van der Waals surface area contributed by atoms with Gasteiger partial charge in [-0.2, -0.15) is 0 Å². The molecule has 0 saturated heterocycles. The predicted molar refractivity (Wildman–Crippen MR) is 102 cm³/mol. The summed E-state index contributed by atoms with van der Waals surface area (Å²) in [5, 5.41) is 6.00. The molecule has 10 heteroatoms. The van der Waals surface area contributed by atoms with Crippen molar-refractivity contribution in [2.24, 2.45) is 0 Å². The number of hydrogen-bond acceptors (Lipinski definition) is 6. The second-order valence-corrected chi connectivity index (χ2v) is 7.50. The first-order chi connectivity index (χ1) is 13.0. The van der Waals surface area contributed by atoms with Gasteiger partial charge in [-0.1, -0.05) is 12.1 Å². The fourth-order valence-corrected chi connectivity index (χ4v) is 3.64. The first-order valence-electron chi connectivity index (χ1n) is 8.31. The SMILES string of the molecule is CCOP(=O)(O)c1ccc(CNc2ncnc3c(C(=O)NC)c[nH]c23)cc1. The van der Waals surface area contributed by atoms with Gasteiger partial charge >= 0.3 is 7.60 Å². The van der Waals surface area contributed by atoms with E-state index in [9.17, 15) is 14.3 Å². The average molecular weight is 389 g/mol. The van der Waals surface area contributed by atoms with Crippen LogP contribution in [-0.4, -0.2) is 39.4 Å². The molecule has 2 heterocycles. The third-order valence-electron chi connectivity index (χ3n) is 3.96. The number of H-pyrrole nitrogens is 1. The van der Waals surface area contributed by atoms with E-state index in [-0.39, 0.29) is 17.8 Å². The first-order valence-corrected chi connectivity index (χ1v) is 9.89. The zero-order valence-corrected chi connectivity index (χ0v) is 15.8. The smallest absolute Gasteiger partial charge is 0.358 e. The van der Waals surface area contributed by atoms with Crippen LogP contribution in [0.2, 0.25) is 0 Å². The lowest BCUT2D eigenvalue weighted by Gasteiger charge is -2.12. The van der Waals surface area contributed by atoms with Crippen molar-refractivity contribution in [2.75, 3.05) is 19.0 Å². The number of benzene rings is 1. The molecule has 0 fully saturated rings. The summed E-state index contributed by atoms with van der Waals surface area (Å²) in [6.45, 7) is 2.26. The maximum atomic E-state index is 12.0. The Hall–Kier alpha value is -2.74. The van der Waals surface area contributed by atoms with Crippen LogP contribution in [0.1, 0.15) is 22.8 Å². The molecule has 1 amide bonds. The van der Waals surface area contributed by atoms with Gasteiger partial charge < -0.3 is 25.0 Å². The van der Waals surface area contributed by atoms with E-state index in [0.717, 1.165) is 5.56 Å². The molecule has 0 bridgehead atoms. The Bertz CT molecular complexity index is 1000. The van der Waals surface area contributed by atoms with Crippen LogP contribution >= 0.6 is 7.60 Å². The molecule has 0 aliphatic carbocycles. The molecule has 9 nitrogen and oxygen atoms in total. The number of nitrogens with one attached hydrogen (secondary N) is 3. The normalized spacial score (nSPS) is 13.3. The number of hydrogen-bond donors (Lipinski definition) is 4. The molecule has 0 saturated carbocycles. The summed E-state index contributed by atoms with van der Waals surface area (Å²) in [7, 11) is -2.21. The Morgan fingerprint density at radius 3 is 2.70 bits per heavy atom. The lowest BCUT2D eigenvalue weighted by molar-refractivity contribution is 0.0964. The molecule has 4 N–H and O–H groups in total. The van der Waals surface area contributed by atoms with E-state index >= 15 is 0 Å². The highest BCUT2D eigenvalue weighted by atomic mass is 31.2. The van der Waals surface area contributed by atoms with Gasteiger partial charge in [0.05, 0.1) is 17.5 Å². The number of rotatable bonds is 7. The quantitative estimate of drug-likeness (QED) is 0.453. The number of anilines is 1. The van der Waals surface area contributed by atoms with Gasteiger partial charge in [0, 0.05) is 19.8 Å². The molecule has 1 aromatic carbocycles. The third-order valence-corrected chi connectivity index (χ3v) is 5.52. The van der Waals surface area contributed by atoms with E-state index in [1.807, 2.05) is 0 Å². The number of nitrogens with zero attached hydrogens (tertiary/aromatic N) is 2. The maximum Gasteiger partial charge on any atom is 0.358 e. The lowest BCUT2D eigenvalue weighted by Crippen LogP contribution is -2.17. The van der Waals surface area contributed by atoms with Crippen molar-refractivity contribution in [1.82, 2.24) is 20.3 Å². The minimum absolute atomic E-state index is 0.162. The van der Waals surface area contributed by atoms with Crippen molar-refractivity contribution in [2.45, 2.75) is 13.5 Å². The maximum absolute atomic E-state index is 12.0. The molecule has 2 aromatic heterocycles. The van der Waals surface area contributed by atoms with Gasteiger partial charge in [0.1, 0.15) is 17.4 Å². The number of amides is 1. The zero-order valence-electron chi connectivity index (χ0n) is 14.9. The molecule has 3 aromatic rings. The molecule has 0 radical (unpaired) electrons.